The summed E-state index contributed by atoms with van der Waals surface area (Å²) in [4.78, 5) is 68.0. The number of hydrogen-bond donors (Lipinski definition) is 3. The normalized spacial score (nSPS) is 14.4. The summed E-state index contributed by atoms with van der Waals surface area (Å²) >= 11 is 0. The van der Waals surface area contributed by atoms with Crippen LogP contribution in [-0.4, -0.2) is 111 Å². The number of ether oxygens (including phenoxy) is 4. The van der Waals surface area contributed by atoms with Gasteiger partial charge in [-0.2, -0.15) is 0 Å². The maximum atomic E-state index is 13.1. The van der Waals surface area contributed by atoms with Crippen LogP contribution in [0.15, 0.2) is 72.9 Å². The molecule has 0 aliphatic heterocycles. The zero-order valence-corrected chi connectivity index (χ0v) is 63.6. The van der Waals surface area contributed by atoms with Crippen molar-refractivity contribution in [1.29, 1.82) is 0 Å². The lowest BCUT2D eigenvalue weighted by Crippen LogP contribution is -2.29. The monoisotopic (exact) mass is 1420 g/mol. The molecule has 0 bridgehead atoms. The van der Waals surface area contributed by atoms with Crippen molar-refractivity contribution in [3.8, 4) is 0 Å². The van der Waals surface area contributed by atoms with Crippen LogP contribution in [0, 0.1) is 0 Å². The first kappa shape index (κ1) is 94.8. The Balaban J connectivity index is 5.22. The maximum Gasteiger partial charge on any atom is 0.472 e. The first-order valence-electron chi connectivity index (χ1n) is 39.1. The Morgan fingerprint density at radius 3 is 1.03 bits per heavy atom. The number of unbranched alkanes of at least 4 members (excludes halogenated alkanes) is 38. The van der Waals surface area contributed by atoms with Gasteiger partial charge in [-0.05, 0) is 154 Å². The molecule has 0 heterocycles. The Bertz CT molecular complexity index is 2080. The third kappa shape index (κ3) is 74.0. The molecule has 0 fully saturated rings. The number of esters is 2. The van der Waals surface area contributed by atoms with E-state index in [1.165, 1.54) is 70.6 Å². The zero-order valence-electron chi connectivity index (χ0n) is 61.8. The molecular weight excluding hydrogens is 1280 g/mol. The number of aliphatic hydroxyl groups is 1. The lowest BCUT2D eigenvalue weighted by atomic mass is 10.1. The number of phosphoric ester groups is 2. The van der Waals surface area contributed by atoms with Gasteiger partial charge in [-0.1, -0.05) is 228 Å². The Morgan fingerprint density at radius 1 is 0.337 bits per heavy atom. The molecule has 0 aromatic heterocycles. The summed E-state index contributed by atoms with van der Waals surface area (Å²) in [6.45, 7) is 2.26. The first-order chi connectivity index (χ1) is 47.9. The fourth-order valence-corrected chi connectivity index (χ4v) is 12.2. The molecule has 17 nitrogen and oxygen atoms in total. The van der Waals surface area contributed by atoms with E-state index in [0.717, 1.165) is 224 Å². The van der Waals surface area contributed by atoms with Crippen molar-refractivity contribution < 1.29 is 80.2 Å². The first-order valence-corrected chi connectivity index (χ1v) is 42.1. The summed E-state index contributed by atoms with van der Waals surface area (Å²) in [6.07, 6.45) is 75.7. The van der Waals surface area contributed by atoms with Crippen molar-refractivity contribution in [2.45, 2.75) is 353 Å². The predicted octanol–water partition coefficient (Wildman–Crippen LogP) is 21.8. The lowest BCUT2D eigenvalue weighted by Gasteiger charge is -2.21. The fourth-order valence-electron chi connectivity index (χ4n) is 10.6. The smallest absolute Gasteiger partial charge is 0.463 e. The quantitative estimate of drug-likeness (QED) is 0.0169. The number of aldehydes is 2. The molecule has 0 rings (SSSR count). The van der Waals surface area contributed by atoms with Gasteiger partial charge in [-0.3, -0.25) is 27.7 Å². The van der Waals surface area contributed by atoms with Crippen LogP contribution in [0.1, 0.15) is 335 Å². The van der Waals surface area contributed by atoms with E-state index < -0.39 is 72.3 Å². The Hall–Kier alpha value is -3.18. The Kier molecular flexibility index (Phi) is 72.6. The van der Waals surface area contributed by atoms with Gasteiger partial charge in [0.2, 0.25) is 0 Å². The molecule has 570 valence electrons. The topological polar surface area (TPSA) is 237 Å². The summed E-state index contributed by atoms with van der Waals surface area (Å²) in [5.41, 5.74) is 0. The largest absolute Gasteiger partial charge is 0.472 e. The molecule has 5 atom stereocenters. The minimum absolute atomic E-state index is 0.0683. The van der Waals surface area contributed by atoms with Crippen molar-refractivity contribution in [3.63, 3.8) is 0 Å². The van der Waals surface area contributed by atoms with Gasteiger partial charge < -0.3 is 43.4 Å². The molecule has 3 N–H and O–H groups in total. The van der Waals surface area contributed by atoms with Crippen molar-refractivity contribution in [2.24, 2.45) is 0 Å². The van der Waals surface area contributed by atoms with E-state index in [-0.39, 0.29) is 26.1 Å². The van der Waals surface area contributed by atoms with Gasteiger partial charge in [0.15, 0.2) is 0 Å². The second-order valence-electron chi connectivity index (χ2n) is 26.2. The second kappa shape index (κ2) is 75.0. The van der Waals surface area contributed by atoms with Crippen LogP contribution >= 0.6 is 15.6 Å². The van der Waals surface area contributed by atoms with Crippen LogP contribution in [-0.2, 0) is 65.4 Å². The molecule has 0 radical (unpaired) electrons. The van der Waals surface area contributed by atoms with Crippen LogP contribution in [0.2, 0.25) is 0 Å². The number of aliphatic hydroxyl groups excluding tert-OH is 1. The number of allylic oxidation sites excluding steroid dienone is 12. The van der Waals surface area contributed by atoms with Crippen molar-refractivity contribution in [1.82, 2.24) is 0 Å². The van der Waals surface area contributed by atoms with Gasteiger partial charge >= 0.3 is 27.6 Å². The number of phosphoric acid groups is 2. The molecular formula is C79H142O17P2. The second-order valence-corrected chi connectivity index (χ2v) is 29.1. The molecule has 0 aliphatic rings. The highest BCUT2D eigenvalue weighted by molar-refractivity contribution is 7.47. The number of carbonyl (C=O) groups excluding carboxylic acids is 4. The average molecular weight is 1430 g/mol. The SMILES string of the molecule is CCCCC/C=C\C/C=C\CCCCCCCC(=O)OC[C@H](COP(=O)(O)OC[C@@H](O)COP(=O)(O)OC[C@@H](COCCCCCCCCC/C=C\CCCCCCC=O)OC(=O)CCCCCCC/C=C\C/C=C\CCCCC)OCCCCCCC/C=C\CCCCCCC=O. The van der Waals surface area contributed by atoms with Crippen molar-refractivity contribution in [2.75, 3.05) is 52.9 Å². The highest BCUT2D eigenvalue weighted by atomic mass is 31.2. The molecule has 0 aliphatic carbocycles. The van der Waals surface area contributed by atoms with Crippen LogP contribution in [0.3, 0.4) is 0 Å². The van der Waals surface area contributed by atoms with Gasteiger partial charge in [-0.15, -0.1) is 0 Å². The zero-order chi connectivity index (χ0) is 71.5. The van der Waals surface area contributed by atoms with Gasteiger partial charge in [-0.25, -0.2) is 9.13 Å². The molecule has 0 aromatic rings. The minimum Gasteiger partial charge on any atom is -0.463 e. The summed E-state index contributed by atoms with van der Waals surface area (Å²) in [6, 6.07) is 0. The van der Waals surface area contributed by atoms with Crippen LogP contribution in [0.5, 0.6) is 0 Å². The third-order valence-corrected chi connectivity index (χ3v) is 18.6. The summed E-state index contributed by atoms with van der Waals surface area (Å²) in [7, 11) is -9.69. The maximum absolute atomic E-state index is 13.1. The van der Waals surface area contributed by atoms with Gasteiger partial charge in [0, 0.05) is 38.9 Å². The highest BCUT2D eigenvalue weighted by Crippen LogP contribution is 2.45. The molecule has 0 saturated carbocycles. The predicted molar refractivity (Wildman–Crippen MR) is 400 cm³/mol. The minimum atomic E-state index is -4.86. The molecule has 2 unspecified atom stereocenters. The van der Waals surface area contributed by atoms with Crippen LogP contribution in [0.25, 0.3) is 0 Å². The van der Waals surface area contributed by atoms with E-state index in [1.807, 2.05) is 0 Å². The number of hydrogen-bond acceptors (Lipinski definition) is 15. The van der Waals surface area contributed by atoms with Crippen LogP contribution in [0.4, 0.5) is 0 Å². The van der Waals surface area contributed by atoms with E-state index in [4.69, 9.17) is 37.0 Å². The van der Waals surface area contributed by atoms with Gasteiger partial charge in [0.1, 0.15) is 37.5 Å². The molecule has 0 aromatic carbocycles. The van der Waals surface area contributed by atoms with E-state index in [0.29, 0.717) is 38.9 Å². The highest BCUT2D eigenvalue weighted by Gasteiger charge is 2.29. The molecule has 98 heavy (non-hydrogen) atoms. The summed E-state index contributed by atoms with van der Waals surface area (Å²) < 4.78 is 69.9. The Labute approximate surface area is 596 Å². The summed E-state index contributed by atoms with van der Waals surface area (Å²) in [5.74, 6) is -0.875. The van der Waals surface area contributed by atoms with E-state index in [2.05, 4.69) is 86.8 Å². The fraction of sp³-hybridized carbons (Fsp3) is 0.797. The lowest BCUT2D eigenvalue weighted by molar-refractivity contribution is -0.154. The number of carbonyl (C=O) groups is 4. The average Bonchev–Trinajstić information content (AvgIpc) is 1.03. The summed E-state index contributed by atoms with van der Waals surface area (Å²) in [5, 5.41) is 10.6. The van der Waals surface area contributed by atoms with Crippen molar-refractivity contribution >= 4 is 40.2 Å². The van der Waals surface area contributed by atoms with Gasteiger partial charge in [0.25, 0.3) is 0 Å². The van der Waals surface area contributed by atoms with Gasteiger partial charge in [0.05, 0.1) is 33.0 Å². The molecule has 0 saturated heterocycles. The molecule has 0 amide bonds. The number of rotatable bonds is 78. The molecule has 19 heteroatoms. The van der Waals surface area contributed by atoms with E-state index in [9.17, 15) is 43.2 Å². The standard InChI is InChI=1S/C79H142O17P2/c1-3-5-7-9-11-13-15-17-21-27-33-39-45-51-57-63-78(83)91-72-76(90-68-62-56-50-44-38-32-26-24-30-36-42-48-54-60-66-81)73-94-97(85,86)92-69-75(82)70-93-98(87,88)95-74-77(96-79(84)64-58-52-46-40-34-28-22-18-16-14-12-10-8-6-4-2)71-89-67-61-55-49-43-37-31-25-20-19-23-29-35-41-47-53-59-65-80/h11-14,17-19,21-24,26,65-66,75-77,82H,3-10,15-16,20,25,27-64,67-74H2,1-2H3,(H,85,86)(H,87,88)/b13-11-,14-12-,21-17-,22-18-,23-19-,26-24-/t75-,76-,77-/m1/s1. The third-order valence-electron chi connectivity index (χ3n) is 16.6. The van der Waals surface area contributed by atoms with Crippen LogP contribution < -0.4 is 0 Å². The molecule has 0 spiro atoms. The van der Waals surface area contributed by atoms with Crippen molar-refractivity contribution in [3.05, 3.63) is 72.9 Å². The Morgan fingerprint density at radius 2 is 0.643 bits per heavy atom. The van der Waals surface area contributed by atoms with E-state index in [1.54, 1.807) is 0 Å². The van der Waals surface area contributed by atoms with E-state index >= 15 is 0 Å².